The number of carbonyl (C=O) groups is 1. The van der Waals surface area contributed by atoms with Crippen LogP contribution in [0.4, 0.5) is 8.78 Å². The van der Waals surface area contributed by atoms with Gasteiger partial charge in [-0.1, -0.05) is 18.2 Å². The van der Waals surface area contributed by atoms with E-state index in [1.165, 1.54) is 4.90 Å². The zero-order valence-electron chi connectivity index (χ0n) is 15.9. The molecule has 28 heavy (non-hydrogen) atoms. The molecule has 0 saturated carbocycles. The van der Waals surface area contributed by atoms with Gasteiger partial charge in [0.15, 0.2) is 18.2 Å². The number of aromatic nitrogens is 2. The normalized spacial score (nSPS) is 10.8. The van der Waals surface area contributed by atoms with E-state index in [9.17, 15) is 13.6 Å². The maximum atomic E-state index is 13.6. The third-order valence-corrected chi connectivity index (χ3v) is 4.51. The Balaban J connectivity index is 1.68. The highest BCUT2D eigenvalue weighted by Gasteiger charge is 2.18. The van der Waals surface area contributed by atoms with Gasteiger partial charge in [-0.3, -0.25) is 4.79 Å². The first-order valence-electron chi connectivity index (χ1n) is 8.79. The maximum absolute atomic E-state index is 13.6. The van der Waals surface area contributed by atoms with Crippen molar-refractivity contribution in [1.29, 1.82) is 0 Å². The Labute approximate surface area is 162 Å². The highest BCUT2D eigenvalue weighted by atomic mass is 19.1. The average Bonchev–Trinajstić information content (AvgIpc) is 2.96. The summed E-state index contributed by atoms with van der Waals surface area (Å²) >= 11 is 0. The molecule has 1 amide bonds. The summed E-state index contributed by atoms with van der Waals surface area (Å²) in [6, 6.07) is 12.7. The predicted molar refractivity (Wildman–Crippen MR) is 101 cm³/mol. The summed E-state index contributed by atoms with van der Waals surface area (Å²) in [5, 5.41) is 4.57. The largest absolute Gasteiger partial charge is 0.481 e. The van der Waals surface area contributed by atoms with Gasteiger partial charge in [0.2, 0.25) is 0 Å². The van der Waals surface area contributed by atoms with Crippen LogP contribution < -0.4 is 4.74 Å². The van der Waals surface area contributed by atoms with Gasteiger partial charge < -0.3 is 9.64 Å². The molecular formula is C21H21F2N3O2. The van der Waals surface area contributed by atoms with Gasteiger partial charge in [-0.25, -0.2) is 13.5 Å². The Morgan fingerprint density at radius 3 is 2.54 bits per heavy atom. The number of hydrogen-bond acceptors (Lipinski definition) is 3. The topological polar surface area (TPSA) is 47.4 Å². The molecule has 5 nitrogen and oxygen atoms in total. The molecule has 0 unspecified atom stereocenters. The molecule has 0 aliphatic rings. The molecule has 0 atom stereocenters. The van der Waals surface area contributed by atoms with Gasteiger partial charge in [0.1, 0.15) is 5.82 Å². The van der Waals surface area contributed by atoms with Gasteiger partial charge in [0.25, 0.3) is 5.91 Å². The lowest BCUT2D eigenvalue weighted by atomic mass is 10.2. The molecular weight excluding hydrogens is 364 g/mol. The van der Waals surface area contributed by atoms with Crippen molar-refractivity contribution >= 4 is 5.91 Å². The van der Waals surface area contributed by atoms with Gasteiger partial charge in [-0.2, -0.15) is 5.10 Å². The lowest BCUT2D eigenvalue weighted by Crippen LogP contribution is -2.31. The van der Waals surface area contributed by atoms with Crippen molar-refractivity contribution in [3.63, 3.8) is 0 Å². The molecule has 1 aromatic heterocycles. The second kappa shape index (κ2) is 8.21. The number of amides is 1. The van der Waals surface area contributed by atoms with Crippen LogP contribution in [0.3, 0.4) is 0 Å². The first-order chi connectivity index (χ1) is 13.4. The van der Waals surface area contributed by atoms with Crippen molar-refractivity contribution in [3.8, 4) is 11.4 Å². The van der Waals surface area contributed by atoms with E-state index in [0.29, 0.717) is 12.6 Å². The van der Waals surface area contributed by atoms with Crippen LogP contribution in [0.5, 0.6) is 5.75 Å². The summed E-state index contributed by atoms with van der Waals surface area (Å²) in [7, 11) is 1.64. The number of hydrogen-bond donors (Lipinski definition) is 0. The Kier molecular flexibility index (Phi) is 5.73. The lowest BCUT2D eigenvalue weighted by Gasteiger charge is -2.18. The van der Waals surface area contributed by atoms with E-state index >= 15 is 0 Å². The third-order valence-electron chi connectivity index (χ3n) is 4.51. The molecule has 3 aromatic rings. The lowest BCUT2D eigenvalue weighted by molar-refractivity contribution is -0.132. The Morgan fingerprint density at radius 1 is 1.14 bits per heavy atom. The second-order valence-corrected chi connectivity index (χ2v) is 6.51. The summed E-state index contributed by atoms with van der Waals surface area (Å²) < 4.78 is 33.6. The third kappa shape index (κ3) is 4.19. The van der Waals surface area contributed by atoms with Gasteiger partial charge >= 0.3 is 0 Å². The molecule has 0 aliphatic heterocycles. The minimum Gasteiger partial charge on any atom is -0.481 e. The van der Waals surface area contributed by atoms with Crippen LogP contribution in [0, 0.1) is 25.5 Å². The van der Waals surface area contributed by atoms with Crippen LogP contribution in [0.15, 0.2) is 48.5 Å². The zero-order chi connectivity index (χ0) is 20.3. The number of nitrogens with zero attached hydrogens (tertiary/aromatic N) is 3. The number of halogens is 2. The van der Waals surface area contributed by atoms with Crippen LogP contribution >= 0.6 is 0 Å². The van der Waals surface area contributed by atoms with Crippen molar-refractivity contribution in [2.24, 2.45) is 0 Å². The Morgan fingerprint density at radius 2 is 1.86 bits per heavy atom. The minimum absolute atomic E-state index is 0.160. The number of benzene rings is 2. The average molecular weight is 385 g/mol. The van der Waals surface area contributed by atoms with E-state index in [1.54, 1.807) is 7.05 Å². The van der Waals surface area contributed by atoms with Crippen molar-refractivity contribution in [1.82, 2.24) is 14.7 Å². The highest BCUT2D eigenvalue weighted by molar-refractivity contribution is 5.77. The molecule has 1 heterocycles. The van der Waals surface area contributed by atoms with Crippen LogP contribution in [0.25, 0.3) is 5.69 Å². The Hall–Kier alpha value is -3.22. The number of likely N-dealkylation sites (N-methyl/N-ethyl adjacent to an activating group) is 1. The summed E-state index contributed by atoms with van der Waals surface area (Å²) in [5.41, 5.74) is 3.64. The molecule has 3 rings (SSSR count). The molecule has 0 bridgehead atoms. The van der Waals surface area contributed by atoms with Crippen LogP contribution in [-0.2, 0) is 11.3 Å². The molecule has 0 spiro atoms. The highest BCUT2D eigenvalue weighted by Crippen LogP contribution is 2.20. The summed E-state index contributed by atoms with van der Waals surface area (Å²) in [6.45, 7) is 3.85. The van der Waals surface area contributed by atoms with Crippen molar-refractivity contribution < 1.29 is 18.3 Å². The minimum atomic E-state index is -0.841. The second-order valence-electron chi connectivity index (χ2n) is 6.51. The molecule has 0 radical (unpaired) electrons. The first kappa shape index (κ1) is 19.5. The number of aryl methyl sites for hydroxylation is 1. The van der Waals surface area contributed by atoms with Crippen LogP contribution in [0.1, 0.15) is 17.0 Å². The zero-order valence-corrected chi connectivity index (χ0v) is 15.9. The summed E-state index contributed by atoms with van der Waals surface area (Å²) in [6.07, 6.45) is 0. The smallest absolute Gasteiger partial charge is 0.260 e. The van der Waals surface area contributed by atoms with Gasteiger partial charge in [0.05, 0.1) is 11.4 Å². The van der Waals surface area contributed by atoms with E-state index in [4.69, 9.17) is 4.74 Å². The molecule has 7 heteroatoms. The summed E-state index contributed by atoms with van der Waals surface area (Å²) in [4.78, 5) is 13.9. The first-order valence-corrected chi connectivity index (χ1v) is 8.79. The summed E-state index contributed by atoms with van der Waals surface area (Å²) in [5.74, 6) is -2.02. The van der Waals surface area contributed by atoms with Gasteiger partial charge in [0, 0.05) is 30.9 Å². The number of carbonyl (C=O) groups excluding carboxylic acids is 1. The molecule has 0 fully saturated rings. The van der Waals surface area contributed by atoms with Crippen molar-refractivity contribution in [2.45, 2.75) is 20.4 Å². The van der Waals surface area contributed by atoms with Gasteiger partial charge in [-0.05, 0) is 38.1 Å². The van der Waals surface area contributed by atoms with Crippen molar-refractivity contribution in [3.05, 3.63) is 77.1 Å². The monoisotopic (exact) mass is 385 g/mol. The van der Waals surface area contributed by atoms with E-state index < -0.39 is 11.6 Å². The molecule has 2 aromatic carbocycles. The number of ether oxygens (including phenoxy) is 1. The van der Waals surface area contributed by atoms with Crippen molar-refractivity contribution in [2.75, 3.05) is 13.7 Å². The Bertz CT molecular complexity index is 987. The van der Waals surface area contributed by atoms with Crippen LogP contribution in [-0.4, -0.2) is 34.2 Å². The number of rotatable bonds is 6. The van der Waals surface area contributed by atoms with E-state index in [1.807, 2.05) is 48.9 Å². The fraction of sp³-hybridized carbons (Fsp3) is 0.238. The number of para-hydroxylation sites is 1. The molecule has 0 N–H and O–H groups in total. The quantitative estimate of drug-likeness (QED) is 0.648. The SMILES string of the molecule is Cc1nn(-c2ccccc2)c(C)c1CN(C)C(=O)COc1ccc(F)cc1F. The molecule has 146 valence electrons. The maximum Gasteiger partial charge on any atom is 0.260 e. The van der Waals surface area contributed by atoms with E-state index in [-0.39, 0.29) is 18.3 Å². The van der Waals surface area contributed by atoms with Crippen LogP contribution in [0.2, 0.25) is 0 Å². The fourth-order valence-corrected chi connectivity index (χ4v) is 2.89. The fourth-order valence-electron chi connectivity index (χ4n) is 2.89. The van der Waals surface area contributed by atoms with E-state index in [2.05, 4.69) is 5.10 Å². The van der Waals surface area contributed by atoms with Gasteiger partial charge in [-0.15, -0.1) is 0 Å². The van der Waals surface area contributed by atoms with E-state index in [0.717, 1.165) is 34.8 Å². The molecule has 0 saturated heterocycles. The predicted octanol–water partition coefficient (Wildman–Crippen LogP) is 3.80. The molecule has 0 aliphatic carbocycles. The standard InChI is InChI=1S/C21H21F2N3O2/c1-14-18(15(2)26(24-14)17-7-5-4-6-8-17)12-25(3)21(27)13-28-20-10-9-16(22)11-19(20)23/h4-11H,12-13H2,1-3H3.